The van der Waals surface area contributed by atoms with Crippen molar-refractivity contribution in [3.8, 4) is 5.75 Å². The van der Waals surface area contributed by atoms with Crippen LogP contribution in [0.2, 0.25) is 0 Å². The molecule has 2 aliphatic rings. The standard InChI is InChI=1S/C19H17N3O3/c23-18-14-5-1-2-6-16(14)25-19(24)15(18)13-21-9-11-22(12-10-21)17-7-3-4-8-20-17/h1-8,13H,9-12H2/b15-13-. The molecule has 1 aromatic carbocycles. The van der Waals surface area contributed by atoms with Crippen molar-refractivity contribution in [1.82, 2.24) is 9.88 Å². The van der Waals surface area contributed by atoms with E-state index in [0.29, 0.717) is 24.4 Å². The lowest BCUT2D eigenvalue weighted by Gasteiger charge is -2.35. The first-order chi connectivity index (χ1) is 12.2. The lowest BCUT2D eigenvalue weighted by atomic mass is 10.0. The van der Waals surface area contributed by atoms with Crippen molar-refractivity contribution in [1.29, 1.82) is 0 Å². The van der Waals surface area contributed by atoms with Gasteiger partial charge in [-0.05, 0) is 24.3 Å². The second kappa shape index (κ2) is 6.39. The number of carbonyl (C=O) groups excluding carboxylic acids is 2. The number of ketones is 1. The third-order valence-corrected chi connectivity index (χ3v) is 4.40. The minimum absolute atomic E-state index is 0.0880. The molecule has 126 valence electrons. The fourth-order valence-corrected chi connectivity index (χ4v) is 3.05. The summed E-state index contributed by atoms with van der Waals surface area (Å²) in [6.07, 6.45) is 3.41. The highest BCUT2D eigenvalue weighted by atomic mass is 16.5. The molecule has 0 radical (unpaired) electrons. The molecule has 2 aromatic rings. The van der Waals surface area contributed by atoms with E-state index in [1.807, 2.05) is 23.1 Å². The number of benzene rings is 1. The molecule has 0 spiro atoms. The zero-order chi connectivity index (χ0) is 17.2. The molecule has 6 heteroatoms. The van der Waals surface area contributed by atoms with Crippen LogP contribution >= 0.6 is 0 Å². The van der Waals surface area contributed by atoms with Crippen LogP contribution in [-0.4, -0.2) is 47.8 Å². The van der Waals surface area contributed by atoms with Gasteiger partial charge in [0.15, 0.2) is 0 Å². The van der Waals surface area contributed by atoms with Crippen molar-refractivity contribution < 1.29 is 14.3 Å². The minimum Gasteiger partial charge on any atom is -0.422 e. The van der Waals surface area contributed by atoms with Crippen molar-refractivity contribution in [3.05, 3.63) is 66.0 Å². The molecule has 3 heterocycles. The second-order valence-corrected chi connectivity index (χ2v) is 5.97. The number of esters is 1. The monoisotopic (exact) mass is 335 g/mol. The van der Waals surface area contributed by atoms with E-state index in [0.717, 1.165) is 18.9 Å². The van der Waals surface area contributed by atoms with E-state index in [9.17, 15) is 9.59 Å². The Morgan fingerprint density at radius 1 is 0.960 bits per heavy atom. The maximum absolute atomic E-state index is 12.6. The highest BCUT2D eigenvalue weighted by Gasteiger charge is 2.31. The molecule has 0 aliphatic carbocycles. The number of rotatable bonds is 2. The van der Waals surface area contributed by atoms with Gasteiger partial charge in [-0.15, -0.1) is 0 Å². The number of Topliss-reactive ketones (excluding diaryl/α,β-unsaturated/α-hetero) is 1. The normalized spacial score (nSPS) is 19.0. The predicted molar refractivity (Wildman–Crippen MR) is 92.5 cm³/mol. The van der Waals surface area contributed by atoms with Gasteiger partial charge in [-0.25, -0.2) is 9.78 Å². The van der Waals surface area contributed by atoms with E-state index in [4.69, 9.17) is 4.74 Å². The number of hydrogen-bond acceptors (Lipinski definition) is 6. The molecule has 0 unspecified atom stereocenters. The van der Waals surface area contributed by atoms with Crippen LogP contribution in [0.5, 0.6) is 5.75 Å². The van der Waals surface area contributed by atoms with Gasteiger partial charge in [0.25, 0.3) is 0 Å². The van der Waals surface area contributed by atoms with Crippen molar-refractivity contribution >= 4 is 17.6 Å². The average Bonchev–Trinajstić information content (AvgIpc) is 2.66. The SMILES string of the molecule is O=C1Oc2ccccc2C(=O)/C1=C/N1CCN(c2ccccn2)CC1. The van der Waals surface area contributed by atoms with Crippen LogP contribution in [0.4, 0.5) is 5.82 Å². The first kappa shape index (κ1) is 15.4. The minimum atomic E-state index is -0.587. The number of hydrogen-bond donors (Lipinski definition) is 0. The Balaban J connectivity index is 1.49. The van der Waals surface area contributed by atoms with Crippen molar-refractivity contribution in [2.45, 2.75) is 0 Å². The van der Waals surface area contributed by atoms with Crippen LogP contribution in [0.25, 0.3) is 0 Å². The van der Waals surface area contributed by atoms with Gasteiger partial charge in [-0.3, -0.25) is 4.79 Å². The molecular weight excluding hydrogens is 318 g/mol. The zero-order valence-electron chi connectivity index (χ0n) is 13.6. The van der Waals surface area contributed by atoms with E-state index in [1.165, 1.54) is 0 Å². The number of fused-ring (bicyclic) bond motifs is 1. The Labute approximate surface area is 145 Å². The molecule has 1 aromatic heterocycles. The third kappa shape index (κ3) is 2.98. The maximum atomic E-state index is 12.6. The summed E-state index contributed by atoms with van der Waals surface area (Å²) in [5, 5.41) is 0. The van der Waals surface area contributed by atoms with Gasteiger partial charge in [0, 0.05) is 38.6 Å². The molecule has 0 atom stereocenters. The zero-order valence-corrected chi connectivity index (χ0v) is 13.6. The molecule has 6 nitrogen and oxygen atoms in total. The molecule has 25 heavy (non-hydrogen) atoms. The number of carbonyl (C=O) groups is 2. The lowest BCUT2D eigenvalue weighted by Crippen LogP contribution is -2.45. The molecule has 1 fully saturated rings. The second-order valence-electron chi connectivity index (χ2n) is 5.97. The predicted octanol–water partition coefficient (Wildman–Crippen LogP) is 1.89. The number of para-hydroxylation sites is 1. The fraction of sp³-hybridized carbons (Fsp3) is 0.211. The van der Waals surface area contributed by atoms with Crippen LogP contribution < -0.4 is 9.64 Å². The van der Waals surface area contributed by atoms with Crippen LogP contribution in [0, 0.1) is 0 Å². The smallest absolute Gasteiger partial charge is 0.349 e. The molecular formula is C19H17N3O3. The molecule has 0 saturated carbocycles. The average molecular weight is 335 g/mol. The number of piperazine rings is 1. The van der Waals surface area contributed by atoms with Gasteiger partial charge in [0.05, 0.1) is 5.56 Å². The topological polar surface area (TPSA) is 62.7 Å². The first-order valence-electron chi connectivity index (χ1n) is 8.20. The molecule has 2 aliphatic heterocycles. The van der Waals surface area contributed by atoms with Gasteiger partial charge in [0.2, 0.25) is 5.78 Å². The van der Waals surface area contributed by atoms with E-state index >= 15 is 0 Å². The number of anilines is 1. The Morgan fingerprint density at radius 3 is 2.48 bits per heavy atom. The fourth-order valence-electron chi connectivity index (χ4n) is 3.05. The summed E-state index contributed by atoms with van der Waals surface area (Å²) in [5.41, 5.74) is 0.519. The van der Waals surface area contributed by atoms with Gasteiger partial charge in [0.1, 0.15) is 17.1 Å². The third-order valence-electron chi connectivity index (χ3n) is 4.40. The summed E-state index contributed by atoms with van der Waals surface area (Å²) in [4.78, 5) is 33.3. The Bertz CT molecular complexity index is 840. The Hall–Kier alpha value is -3.15. The summed E-state index contributed by atoms with van der Waals surface area (Å²) in [7, 11) is 0. The van der Waals surface area contributed by atoms with E-state index in [-0.39, 0.29) is 11.4 Å². The molecule has 1 saturated heterocycles. The largest absolute Gasteiger partial charge is 0.422 e. The number of pyridine rings is 1. The number of aromatic nitrogens is 1. The molecule has 4 rings (SSSR count). The Kier molecular flexibility index (Phi) is 3.93. The highest BCUT2D eigenvalue weighted by Crippen LogP contribution is 2.27. The molecule has 0 bridgehead atoms. The van der Waals surface area contributed by atoms with Crippen LogP contribution in [0.1, 0.15) is 10.4 Å². The summed E-state index contributed by atoms with van der Waals surface area (Å²) in [6.45, 7) is 2.98. The van der Waals surface area contributed by atoms with Crippen LogP contribution in [0.3, 0.4) is 0 Å². The van der Waals surface area contributed by atoms with Crippen molar-refractivity contribution in [2.24, 2.45) is 0 Å². The highest BCUT2D eigenvalue weighted by molar-refractivity contribution is 6.27. The van der Waals surface area contributed by atoms with E-state index in [1.54, 1.807) is 36.7 Å². The Morgan fingerprint density at radius 2 is 1.72 bits per heavy atom. The van der Waals surface area contributed by atoms with E-state index in [2.05, 4.69) is 9.88 Å². The number of ether oxygens (including phenoxy) is 1. The summed E-state index contributed by atoms with van der Waals surface area (Å²) < 4.78 is 5.27. The molecule has 0 amide bonds. The molecule has 0 N–H and O–H groups in total. The first-order valence-corrected chi connectivity index (χ1v) is 8.20. The van der Waals surface area contributed by atoms with Crippen LogP contribution in [0.15, 0.2) is 60.4 Å². The lowest BCUT2D eigenvalue weighted by molar-refractivity contribution is -0.130. The number of nitrogens with zero attached hydrogens (tertiary/aromatic N) is 3. The van der Waals surface area contributed by atoms with E-state index < -0.39 is 5.97 Å². The quantitative estimate of drug-likeness (QED) is 0.361. The summed E-state index contributed by atoms with van der Waals surface area (Å²) in [5.74, 6) is 0.404. The van der Waals surface area contributed by atoms with Gasteiger partial charge < -0.3 is 14.5 Å². The summed E-state index contributed by atoms with van der Waals surface area (Å²) in [6, 6.07) is 12.6. The van der Waals surface area contributed by atoms with Crippen molar-refractivity contribution in [2.75, 3.05) is 31.1 Å². The van der Waals surface area contributed by atoms with Gasteiger partial charge in [-0.1, -0.05) is 18.2 Å². The summed E-state index contributed by atoms with van der Waals surface area (Å²) >= 11 is 0. The van der Waals surface area contributed by atoms with Gasteiger partial charge >= 0.3 is 5.97 Å². The van der Waals surface area contributed by atoms with Gasteiger partial charge in [-0.2, -0.15) is 0 Å². The van der Waals surface area contributed by atoms with Crippen molar-refractivity contribution in [3.63, 3.8) is 0 Å². The maximum Gasteiger partial charge on any atom is 0.349 e. The van der Waals surface area contributed by atoms with Crippen LogP contribution in [-0.2, 0) is 4.79 Å².